The van der Waals surface area contributed by atoms with E-state index >= 15 is 0 Å². The highest BCUT2D eigenvalue weighted by Gasteiger charge is 2.22. The molecule has 0 aromatic rings. The van der Waals surface area contributed by atoms with Gasteiger partial charge in [0.1, 0.15) is 5.78 Å². The first kappa shape index (κ1) is 16.6. The van der Waals surface area contributed by atoms with Crippen LogP contribution in [0.15, 0.2) is 0 Å². The highest BCUT2D eigenvalue weighted by Crippen LogP contribution is 2.18. The molecule has 3 heteroatoms. The predicted octanol–water partition coefficient (Wildman–Crippen LogP) is 2.47. The quantitative estimate of drug-likeness (QED) is 0.712. The molecule has 0 aromatic heterocycles. The Morgan fingerprint density at radius 2 is 1.71 bits per heavy atom. The minimum atomic E-state index is -0.251. The molecule has 0 rings (SSSR count). The molecule has 0 heterocycles. The van der Waals surface area contributed by atoms with Gasteiger partial charge in [0.05, 0.1) is 6.61 Å². The van der Waals surface area contributed by atoms with Crippen LogP contribution in [0.25, 0.3) is 0 Å². The van der Waals surface area contributed by atoms with Crippen molar-refractivity contribution in [2.45, 2.75) is 59.9 Å². The summed E-state index contributed by atoms with van der Waals surface area (Å²) in [7, 11) is 0. The number of aliphatic hydroxyl groups is 1. The standard InChI is InChI=1S/C14H29NO2/c1-6-12(7-2)15(10-11-16)9-8-13(17)14(3,4)5/h12,16H,6-11H2,1-5H3. The molecule has 0 unspecified atom stereocenters. The fourth-order valence-electron chi connectivity index (χ4n) is 2.03. The van der Waals surface area contributed by atoms with Crippen molar-refractivity contribution in [1.82, 2.24) is 4.90 Å². The van der Waals surface area contributed by atoms with Gasteiger partial charge in [-0.15, -0.1) is 0 Å². The van der Waals surface area contributed by atoms with E-state index in [1.807, 2.05) is 20.8 Å². The third-order valence-corrected chi connectivity index (χ3v) is 3.31. The Morgan fingerprint density at radius 3 is 2.06 bits per heavy atom. The molecule has 0 aliphatic rings. The van der Waals surface area contributed by atoms with Gasteiger partial charge in [-0.1, -0.05) is 34.6 Å². The summed E-state index contributed by atoms with van der Waals surface area (Å²) in [5, 5.41) is 9.08. The van der Waals surface area contributed by atoms with Crippen LogP contribution in [0.5, 0.6) is 0 Å². The lowest BCUT2D eigenvalue weighted by Crippen LogP contribution is -2.39. The normalized spacial score (nSPS) is 12.5. The largest absolute Gasteiger partial charge is 0.395 e. The zero-order valence-corrected chi connectivity index (χ0v) is 12.1. The third kappa shape index (κ3) is 6.18. The Kier molecular flexibility index (Phi) is 7.64. The molecule has 0 atom stereocenters. The number of nitrogens with zero attached hydrogens (tertiary/aromatic N) is 1. The molecule has 0 aromatic carbocycles. The van der Waals surface area contributed by atoms with Crippen molar-refractivity contribution in [1.29, 1.82) is 0 Å². The van der Waals surface area contributed by atoms with Crippen molar-refractivity contribution < 1.29 is 9.90 Å². The molecule has 0 aliphatic carbocycles. The van der Waals surface area contributed by atoms with Gasteiger partial charge in [0.15, 0.2) is 0 Å². The summed E-state index contributed by atoms with van der Waals surface area (Å²) in [5.74, 6) is 0.298. The van der Waals surface area contributed by atoms with Crippen molar-refractivity contribution in [3.05, 3.63) is 0 Å². The second kappa shape index (κ2) is 7.83. The van der Waals surface area contributed by atoms with E-state index in [4.69, 9.17) is 5.11 Å². The van der Waals surface area contributed by atoms with Gasteiger partial charge in [-0.2, -0.15) is 0 Å². The topological polar surface area (TPSA) is 40.5 Å². The number of carbonyl (C=O) groups excluding carboxylic acids is 1. The first-order valence-corrected chi connectivity index (χ1v) is 6.75. The van der Waals surface area contributed by atoms with Gasteiger partial charge in [0.25, 0.3) is 0 Å². The fourth-order valence-corrected chi connectivity index (χ4v) is 2.03. The Hall–Kier alpha value is -0.410. The number of hydrogen-bond acceptors (Lipinski definition) is 3. The molecule has 102 valence electrons. The molecule has 0 spiro atoms. The summed E-state index contributed by atoms with van der Waals surface area (Å²) in [6.07, 6.45) is 2.72. The zero-order chi connectivity index (χ0) is 13.5. The lowest BCUT2D eigenvalue weighted by atomic mass is 9.89. The van der Waals surface area contributed by atoms with Crippen LogP contribution in [0.2, 0.25) is 0 Å². The van der Waals surface area contributed by atoms with Crippen LogP contribution in [0.3, 0.4) is 0 Å². The lowest BCUT2D eigenvalue weighted by Gasteiger charge is -2.30. The number of Topliss-reactive ketones (excluding diaryl/α,β-unsaturated/α-hetero) is 1. The summed E-state index contributed by atoms with van der Waals surface area (Å²) >= 11 is 0. The second-order valence-corrected chi connectivity index (χ2v) is 5.65. The van der Waals surface area contributed by atoms with Gasteiger partial charge in [0, 0.05) is 31.0 Å². The van der Waals surface area contributed by atoms with E-state index < -0.39 is 0 Å². The molecule has 0 saturated carbocycles. The van der Waals surface area contributed by atoms with Crippen LogP contribution < -0.4 is 0 Å². The van der Waals surface area contributed by atoms with Crippen LogP contribution in [0.1, 0.15) is 53.9 Å². The van der Waals surface area contributed by atoms with E-state index in [9.17, 15) is 4.79 Å². The van der Waals surface area contributed by atoms with E-state index in [0.717, 1.165) is 19.4 Å². The maximum Gasteiger partial charge on any atom is 0.139 e. The summed E-state index contributed by atoms with van der Waals surface area (Å²) < 4.78 is 0. The minimum Gasteiger partial charge on any atom is -0.395 e. The van der Waals surface area contributed by atoms with Crippen LogP contribution in [-0.2, 0) is 4.79 Å². The maximum atomic E-state index is 11.9. The average Bonchev–Trinajstić information content (AvgIpc) is 2.25. The molecule has 3 nitrogen and oxygen atoms in total. The van der Waals surface area contributed by atoms with Crippen molar-refractivity contribution in [2.24, 2.45) is 5.41 Å². The molecule has 0 saturated heterocycles. The van der Waals surface area contributed by atoms with E-state index in [2.05, 4.69) is 18.7 Å². The van der Waals surface area contributed by atoms with Gasteiger partial charge in [-0.05, 0) is 12.8 Å². The van der Waals surface area contributed by atoms with Crippen LogP contribution >= 0.6 is 0 Å². The monoisotopic (exact) mass is 243 g/mol. The van der Waals surface area contributed by atoms with Crippen LogP contribution in [0.4, 0.5) is 0 Å². The zero-order valence-electron chi connectivity index (χ0n) is 12.1. The summed E-state index contributed by atoms with van der Waals surface area (Å²) in [6.45, 7) is 11.8. The number of hydrogen-bond donors (Lipinski definition) is 1. The molecule has 0 bridgehead atoms. The van der Waals surface area contributed by atoms with Crippen molar-refractivity contribution >= 4 is 5.78 Å². The van der Waals surface area contributed by atoms with Crippen molar-refractivity contribution in [2.75, 3.05) is 19.7 Å². The SMILES string of the molecule is CCC(CC)N(CCO)CCC(=O)C(C)(C)C. The number of aliphatic hydroxyl groups excluding tert-OH is 1. The Morgan fingerprint density at radius 1 is 1.18 bits per heavy atom. The first-order valence-electron chi connectivity index (χ1n) is 6.75. The molecule has 0 radical (unpaired) electrons. The number of ketones is 1. The molecular formula is C14H29NO2. The average molecular weight is 243 g/mol. The molecule has 0 aliphatic heterocycles. The van der Waals surface area contributed by atoms with Crippen molar-refractivity contribution in [3.63, 3.8) is 0 Å². The second-order valence-electron chi connectivity index (χ2n) is 5.65. The number of carbonyl (C=O) groups is 1. The van der Waals surface area contributed by atoms with Gasteiger partial charge in [-0.25, -0.2) is 0 Å². The lowest BCUT2D eigenvalue weighted by molar-refractivity contribution is -0.126. The van der Waals surface area contributed by atoms with E-state index in [-0.39, 0.29) is 12.0 Å². The Balaban J connectivity index is 4.31. The first-order chi connectivity index (χ1) is 7.86. The maximum absolute atomic E-state index is 11.9. The predicted molar refractivity (Wildman–Crippen MR) is 72.1 cm³/mol. The highest BCUT2D eigenvalue weighted by atomic mass is 16.3. The molecule has 0 fully saturated rings. The van der Waals surface area contributed by atoms with Crippen molar-refractivity contribution in [3.8, 4) is 0 Å². The smallest absolute Gasteiger partial charge is 0.139 e. The highest BCUT2D eigenvalue weighted by molar-refractivity contribution is 5.83. The summed E-state index contributed by atoms with van der Waals surface area (Å²) in [4.78, 5) is 14.1. The molecule has 17 heavy (non-hydrogen) atoms. The Bertz CT molecular complexity index is 217. The van der Waals surface area contributed by atoms with Crippen LogP contribution in [-0.4, -0.2) is 41.5 Å². The van der Waals surface area contributed by atoms with Gasteiger partial charge >= 0.3 is 0 Å². The van der Waals surface area contributed by atoms with Crippen LogP contribution in [0, 0.1) is 5.41 Å². The Labute approximate surface area is 106 Å². The third-order valence-electron chi connectivity index (χ3n) is 3.31. The van der Waals surface area contributed by atoms with E-state index in [1.54, 1.807) is 0 Å². The molecular weight excluding hydrogens is 214 g/mol. The fraction of sp³-hybridized carbons (Fsp3) is 0.929. The minimum absolute atomic E-state index is 0.167. The summed E-state index contributed by atoms with van der Waals surface area (Å²) in [6, 6.07) is 0.481. The van der Waals surface area contributed by atoms with Gasteiger partial charge < -0.3 is 5.11 Å². The van der Waals surface area contributed by atoms with E-state index in [1.165, 1.54) is 0 Å². The van der Waals surface area contributed by atoms with Gasteiger partial charge in [0.2, 0.25) is 0 Å². The molecule has 0 amide bonds. The van der Waals surface area contributed by atoms with Gasteiger partial charge in [-0.3, -0.25) is 9.69 Å². The van der Waals surface area contributed by atoms with E-state index in [0.29, 0.717) is 24.8 Å². The summed E-state index contributed by atoms with van der Waals surface area (Å²) in [5.41, 5.74) is -0.251. The molecule has 1 N–H and O–H groups in total. The number of rotatable bonds is 8.